The molecule has 0 bridgehead atoms. The molecule has 2 amide bonds. The summed E-state index contributed by atoms with van der Waals surface area (Å²) in [6, 6.07) is 14.3. The van der Waals surface area contributed by atoms with Gasteiger partial charge in [0.05, 0.1) is 24.8 Å². The molecule has 138 valence electrons. The van der Waals surface area contributed by atoms with E-state index in [0.29, 0.717) is 16.5 Å². The van der Waals surface area contributed by atoms with Crippen molar-refractivity contribution in [3.05, 3.63) is 70.2 Å². The number of nitrogens with zero attached hydrogens (tertiary/aromatic N) is 1. The summed E-state index contributed by atoms with van der Waals surface area (Å²) in [5.74, 6) is -0.553. The lowest BCUT2D eigenvalue weighted by molar-refractivity contribution is -0.121. The second-order valence-corrected chi connectivity index (χ2v) is 6.83. The highest BCUT2D eigenvalue weighted by atomic mass is 35.5. The van der Waals surface area contributed by atoms with E-state index in [0.717, 1.165) is 10.6 Å². The molecule has 6 nitrogen and oxygen atoms in total. The first kappa shape index (κ1) is 18.9. The fourth-order valence-corrected chi connectivity index (χ4v) is 3.34. The van der Waals surface area contributed by atoms with Crippen molar-refractivity contribution in [3.8, 4) is 16.3 Å². The summed E-state index contributed by atoms with van der Waals surface area (Å²) >= 11 is 7.34. The number of aromatic nitrogens is 1. The van der Waals surface area contributed by atoms with Crippen molar-refractivity contribution < 1.29 is 14.3 Å². The third-order valence-corrected chi connectivity index (χ3v) is 4.81. The van der Waals surface area contributed by atoms with Crippen LogP contribution in [0.2, 0.25) is 5.02 Å². The Morgan fingerprint density at radius 1 is 1.15 bits per heavy atom. The minimum Gasteiger partial charge on any atom is -0.496 e. The van der Waals surface area contributed by atoms with Gasteiger partial charge < -0.3 is 4.74 Å². The molecule has 0 aliphatic rings. The van der Waals surface area contributed by atoms with E-state index in [1.54, 1.807) is 6.07 Å². The summed E-state index contributed by atoms with van der Waals surface area (Å²) in [4.78, 5) is 28.8. The molecule has 0 aliphatic carbocycles. The Balaban J connectivity index is 1.57. The normalized spacial score (nSPS) is 10.3. The van der Waals surface area contributed by atoms with E-state index in [4.69, 9.17) is 16.3 Å². The third-order valence-electron chi connectivity index (χ3n) is 3.64. The number of benzene rings is 2. The van der Waals surface area contributed by atoms with Gasteiger partial charge in [-0.3, -0.25) is 20.4 Å². The predicted octanol–water partition coefficient (Wildman–Crippen LogP) is 3.48. The number of halogens is 1. The molecular formula is C19H16ClN3O3S. The largest absolute Gasteiger partial charge is 0.496 e. The predicted molar refractivity (Wildman–Crippen MR) is 105 cm³/mol. The average Bonchev–Trinajstić information content (AvgIpc) is 3.15. The number of carbonyl (C=O) groups excluding carboxylic acids is 2. The molecule has 3 aromatic rings. The Kier molecular flexibility index (Phi) is 6.05. The molecule has 1 heterocycles. The van der Waals surface area contributed by atoms with Crippen LogP contribution in [-0.4, -0.2) is 23.9 Å². The van der Waals surface area contributed by atoms with E-state index >= 15 is 0 Å². The van der Waals surface area contributed by atoms with Crippen LogP contribution in [0.25, 0.3) is 10.6 Å². The summed E-state index contributed by atoms with van der Waals surface area (Å²) in [6.45, 7) is 0. The third kappa shape index (κ3) is 4.84. The monoisotopic (exact) mass is 401 g/mol. The second-order valence-electron chi connectivity index (χ2n) is 5.53. The number of amides is 2. The lowest BCUT2D eigenvalue weighted by atomic mass is 10.2. The molecule has 0 saturated heterocycles. The van der Waals surface area contributed by atoms with Gasteiger partial charge in [-0.1, -0.05) is 41.9 Å². The average molecular weight is 402 g/mol. The molecule has 27 heavy (non-hydrogen) atoms. The minimum atomic E-state index is -0.500. The molecule has 0 aliphatic heterocycles. The number of hydrogen-bond donors (Lipinski definition) is 2. The van der Waals surface area contributed by atoms with Crippen LogP contribution in [0.15, 0.2) is 53.9 Å². The van der Waals surface area contributed by atoms with Crippen molar-refractivity contribution in [2.75, 3.05) is 7.11 Å². The number of methoxy groups -OCH3 is 1. The van der Waals surface area contributed by atoms with E-state index in [2.05, 4.69) is 15.8 Å². The summed E-state index contributed by atoms with van der Waals surface area (Å²) in [5, 5.41) is 3.12. The smallest absolute Gasteiger partial charge is 0.273 e. The van der Waals surface area contributed by atoms with Gasteiger partial charge in [-0.05, 0) is 18.2 Å². The molecule has 0 atom stereocenters. The highest BCUT2D eigenvalue weighted by molar-refractivity contribution is 7.13. The zero-order valence-electron chi connectivity index (χ0n) is 14.4. The highest BCUT2D eigenvalue weighted by Crippen LogP contribution is 2.24. The lowest BCUT2D eigenvalue weighted by Gasteiger charge is -2.10. The van der Waals surface area contributed by atoms with Crippen LogP contribution in [0.5, 0.6) is 5.75 Å². The molecule has 0 saturated carbocycles. The number of hydrogen-bond acceptors (Lipinski definition) is 5. The van der Waals surface area contributed by atoms with Crippen LogP contribution in [0, 0.1) is 0 Å². The van der Waals surface area contributed by atoms with Crippen LogP contribution in [0.4, 0.5) is 0 Å². The summed E-state index contributed by atoms with van der Waals surface area (Å²) in [5.41, 5.74) is 6.65. The van der Waals surface area contributed by atoms with Gasteiger partial charge in [-0.25, -0.2) is 4.98 Å². The van der Waals surface area contributed by atoms with E-state index in [1.165, 1.54) is 30.6 Å². The zero-order chi connectivity index (χ0) is 19.2. The molecule has 3 rings (SSSR count). The van der Waals surface area contributed by atoms with Crippen LogP contribution < -0.4 is 15.6 Å². The van der Waals surface area contributed by atoms with E-state index < -0.39 is 5.91 Å². The Bertz CT molecular complexity index is 960. The minimum absolute atomic E-state index is 0.0569. The molecule has 2 N–H and O–H groups in total. The summed E-state index contributed by atoms with van der Waals surface area (Å²) in [7, 11) is 1.44. The summed E-state index contributed by atoms with van der Waals surface area (Å²) < 4.78 is 5.13. The molecule has 0 spiro atoms. The van der Waals surface area contributed by atoms with Crippen LogP contribution in [0.1, 0.15) is 16.1 Å². The van der Waals surface area contributed by atoms with Gasteiger partial charge >= 0.3 is 0 Å². The Hall–Kier alpha value is -2.90. The van der Waals surface area contributed by atoms with Gasteiger partial charge in [0.25, 0.3) is 5.91 Å². The number of rotatable bonds is 5. The topological polar surface area (TPSA) is 80.3 Å². The van der Waals surface area contributed by atoms with Gasteiger partial charge in [0.1, 0.15) is 10.8 Å². The van der Waals surface area contributed by atoms with E-state index in [1.807, 2.05) is 35.7 Å². The van der Waals surface area contributed by atoms with Crippen LogP contribution in [-0.2, 0) is 11.2 Å². The van der Waals surface area contributed by atoms with Crippen molar-refractivity contribution in [2.45, 2.75) is 6.42 Å². The van der Waals surface area contributed by atoms with Crippen molar-refractivity contribution in [3.63, 3.8) is 0 Å². The number of hydrazine groups is 1. The van der Waals surface area contributed by atoms with Crippen molar-refractivity contribution in [1.29, 1.82) is 0 Å². The number of thiazole rings is 1. The van der Waals surface area contributed by atoms with Crippen molar-refractivity contribution >= 4 is 34.8 Å². The maximum absolute atomic E-state index is 12.2. The quantitative estimate of drug-likeness (QED) is 0.641. The number of ether oxygens (including phenoxy) is 1. The molecule has 8 heteroatoms. The molecule has 0 unspecified atom stereocenters. The van der Waals surface area contributed by atoms with Gasteiger partial charge in [-0.15, -0.1) is 11.3 Å². The van der Waals surface area contributed by atoms with Gasteiger partial charge in [0, 0.05) is 16.0 Å². The maximum Gasteiger partial charge on any atom is 0.273 e. The number of nitrogens with one attached hydrogen (secondary N) is 2. The first-order valence-electron chi connectivity index (χ1n) is 7.99. The maximum atomic E-state index is 12.2. The van der Waals surface area contributed by atoms with Gasteiger partial charge in [0.15, 0.2) is 0 Å². The highest BCUT2D eigenvalue weighted by Gasteiger charge is 2.14. The van der Waals surface area contributed by atoms with Crippen molar-refractivity contribution in [1.82, 2.24) is 15.8 Å². The van der Waals surface area contributed by atoms with E-state index in [-0.39, 0.29) is 17.9 Å². The Morgan fingerprint density at radius 2 is 1.93 bits per heavy atom. The molecule has 2 aromatic carbocycles. The molecular weight excluding hydrogens is 386 g/mol. The molecule has 0 fully saturated rings. The molecule has 0 radical (unpaired) electrons. The SMILES string of the molecule is COc1cc(Cl)ccc1C(=O)NNC(=O)Cc1csc(-c2ccccc2)n1. The van der Waals surface area contributed by atoms with Gasteiger partial charge in [-0.2, -0.15) is 0 Å². The Labute approximate surface area is 165 Å². The summed E-state index contributed by atoms with van der Waals surface area (Å²) in [6.07, 6.45) is 0.0569. The lowest BCUT2D eigenvalue weighted by Crippen LogP contribution is -2.42. The molecule has 1 aromatic heterocycles. The second kappa shape index (κ2) is 8.66. The first-order chi connectivity index (χ1) is 13.1. The first-order valence-corrected chi connectivity index (χ1v) is 9.25. The fraction of sp³-hybridized carbons (Fsp3) is 0.105. The van der Waals surface area contributed by atoms with Gasteiger partial charge in [0.2, 0.25) is 5.91 Å². The number of carbonyl (C=O) groups is 2. The standard InChI is InChI=1S/C19H16ClN3O3S/c1-26-16-9-13(20)7-8-15(16)18(25)23-22-17(24)10-14-11-27-19(21-14)12-5-3-2-4-6-12/h2-9,11H,10H2,1H3,(H,22,24)(H,23,25). The van der Waals surface area contributed by atoms with E-state index in [9.17, 15) is 9.59 Å². The van der Waals surface area contributed by atoms with Crippen LogP contribution in [0.3, 0.4) is 0 Å². The van der Waals surface area contributed by atoms with Crippen LogP contribution >= 0.6 is 22.9 Å². The zero-order valence-corrected chi connectivity index (χ0v) is 15.9. The Morgan fingerprint density at radius 3 is 2.67 bits per heavy atom. The van der Waals surface area contributed by atoms with Crippen molar-refractivity contribution in [2.24, 2.45) is 0 Å². The fourth-order valence-electron chi connectivity index (χ4n) is 2.36.